The van der Waals surface area contributed by atoms with E-state index in [1.165, 1.54) is 21.6 Å². The van der Waals surface area contributed by atoms with Crippen molar-refractivity contribution in [1.29, 1.82) is 0 Å². The topological polar surface area (TPSA) is 69.7 Å². The summed E-state index contributed by atoms with van der Waals surface area (Å²) in [6.45, 7) is 7.38. The van der Waals surface area contributed by atoms with Gasteiger partial charge >= 0.3 is 6.03 Å². The summed E-state index contributed by atoms with van der Waals surface area (Å²) in [5.74, 6) is -0.350. The number of hydrogen-bond acceptors (Lipinski definition) is 3. The Morgan fingerprint density at radius 2 is 1.75 bits per heavy atom. The van der Waals surface area contributed by atoms with E-state index in [2.05, 4.69) is 38.2 Å². The number of carbonyl (C=O) groups is 3. The predicted octanol–water partition coefficient (Wildman–Crippen LogP) is 5.68. The van der Waals surface area contributed by atoms with Crippen LogP contribution in [0.15, 0.2) is 36.4 Å². The van der Waals surface area contributed by atoms with E-state index in [0.717, 1.165) is 36.8 Å². The first kappa shape index (κ1) is 26.2. The molecule has 2 aliphatic rings. The Bertz CT molecular complexity index is 1130. The van der Waals surface area contributed by atoms with Crippen LogP contribution >= 0.6 is 11.6 Å². The Labute approximate surface area is 219 Å². The van der Waals surface area contributed by atoms with E-state index in [0.29, 0.717) is 24.5 Å². The Hall–Kier alpha value is -2.86. The second kappa shape index (κ2) is 11.5. The fourth-order valence-corrected chi connectivity index (χ4v) is 5.91. The van der Waals surface area contributed by atoms with E-state index in [-0.39, 0.29) is 42.8 Å². The number of halogens is 1. The minimum Gasteiger partial charge on any atom is -0.352 e. The molecule has 1 N–H and O–H groups in total. The predicted molar refractivity (Wildman–Crippen MR) is 142 cm³/mol. The summed E-state index contributed by atoms with van der Waals surface area (Å²) in [7, 11) is 0. The van der Waals surface area contributed by atoms with E-state index < -0.39 is 0 Å². The van der Waals surface area contributed by atoms with Crippen LogP contribution in [0.3, 0.4) is 0 Å². The lowest BCUT2D eigenvalue weighted by molar-refractivity contribution is -0.141. The van der Waals surface area contributed by atoms with Crippen LogP contribution < -0.4 is 5.32 Å². The molecule has 1 saturated heterocycles. The molecule has 0 bridgehead atoms. The van der Waals surface area contributed by atoms with Crippen molar-refractivity contribution in [2.24, 2.45) is 5.92 Å². The highest BCUT2D eigenvalue weighted by Crippen LogP contribution is 2.36. The van der Waals surface area contributed by atoms with Gasteiger partial charge in [-0.05, 0) is 68.4 Å². The molecule has 1 saturated carbocycles. The van der Waals surface area contributed by atoms with Gasteiger partial charge in [-0.25, -0.2) is 4.79 Å². The molecule has 1 aliphatic carbocycles. The zero-order valence-corrected chi connectivity index (χ0v) is 22.2. The fourth-order valence-electron chi connectivity index (χ4n) is 5.71. The van der Waals surface area contributed by atoms with Crippen molar-refractivity contribution in [3.63, 3.8) is 0 Å². The van der Waals surface area contributed by atoms with Gasteiger partial charge in [-0.1, -0.05) is 60.3 Å². The highest BCUT2D eigenvalue weighted by atomic mass is 35.5. The van der Waals surface area contributed by atoms with Gasteiger partial charge in [0.25, 0.3) is 0 Å². The minimum atomic E-state index is -0.223. The fraction of sp³-hybridized carbons (Fsp3) is 0.483. The van der Waals surface area contributed by atoms with Crippen LogP contribution in [0.5, 0.6) is 0 Å². The molecule has 36 heavy (non-hydrogen) atoms. The first-order chi connectivity index (χ1) is 17.3. The number of aryl methyl sites for hydroxylation is 3. The molecule has 1 heterocycles. The minimum absolute atomic E-state index is 0.0472. The number of nitrogens with one attached hydrogen (secondary N) is 1. The molecule has 4 rings (SSSR count). The number of amides is 4. The van der Waals surface area contributed by atoms with Gasteiger partial charge in [-0.15, -0.1) is 0 Å². The van der Waals surface area contributed by atoms with E-state index in [1.54, 1.807) is 6.07 Å². The highest BCUT2D eigenvalue weighted by molar-refractivity contribution is 6.31. The number of benzene rings is 2. The third kappa shape index (κ3) is 5.75. The Kier molecular flexibility index (Phi) is 8.35. The largest absolute Gasteiger partial charge is 0.352 e. The number of fused-ring (bicyclic) bond motifs is 1. The number of urea groups is 1. The summed E-state index contributed by atoms with van der Waals surface area (Å²) in [4.78, 5) is 42.7. The van der Waals surface area contributed by atoms with Crippen molar-refractivity contribution in [3.05, 3.63) is 69.2 Å². The highest BCUT2D eigenvalue weighted by Gasteiger charge is 2.46. The molecule has 4 amide bonds. The molecule has 2 fully saturated rings. The maximum absolute atomic E-state index is 13.6. The van der Waals surface area contributed by atoms with E-state index in [4.69, 9.17) is 11.6 Å². The molecule has 0 aromatic heterocycles. The van der Waals surface area contributed by atoms with Crippen molar-refractivity contribution in [3.8, 4) is 0 Å². The van der Waals surface area contributed by atoms with Crippen molar-refractivity contribution in [2.75, 3.05) is 6.54 Å². The molecule has 192 valence electrons. The zero-order valence-electron chi connectivity index (χ0n) is 21.5. The summed E-state index contributed by atoms with van der Waals surface area (Å²) in [5.41, 5.74) is 5.57. The smallest absolute Gasteiger partial charge is 0.327 e. The summed E-state index contributed by atoms with van der Waals surface area (Å²) in [6.07, 6.45) is 4.40. The van der Waals surface area contributed by atoms with Gasteiger partial charge < -0.3 is 10.2 Å². The van der Waals surface area contributed by atoms with Crippen molar-refractivity contribution >= 4 is 29.4 Å². The lowest BCUT2D eigenvalue weighted by Gasteiger charge is -2.47. The van der Waals surface area contributed by atoms with Gasteiger partial charge in [0, 0.05) is 37.1 Å². The Balaban J connectivity index is 1.41. The van der Waals surface area contributed by atoms with Crippen LogP contribution in [0.4, 0.5) is 4.79 Å². The molecule has 2 aromatic carbocycles. The molecule has 2 aromatic rings. The molecule has 1 aliphatic heterocycles. The van der Waals surface area contributed by atoms with E-state index >= 15 is 0 Å². The summed E-state index contributed by atoms with van der Waals surface area (Å²) in [5, 5.41) is 3.50. The zero-order chi connectivity index (χ0) is 25.8. The third-order valence-corrected chi connectivity index (χ3v) is 7.95. The van der Waals surface area contributed by atoms with Crippen LogP contribution in [0.1, 0.15) is 66.3 Å². The average molecular weight is 510 g/mol. The molecule has 2 unspecified atom stereocenters. The molecule has 0 radical (unpaired) electrons. The number of nitrogens with zero attached hydrogens (tertiary/aromatic N) is 2. The molecule has 0 spiro atoms. The lowest BCUT2D eigenvalue weighted by Crippen LogP contribution is -2.62. The van der Waals surface area contributed by atoms with Gasteiger partial charge in [0.1, 0.15) is 0 Å². The van der Waals surface area contributed by atoms with E-state index in [1.807, 2.05) is 23.1 Å². The maximum atomic E-state index is 13.6. The molecule has 7 heteroatoms. The van der Waals surface area contributed by atoms with Crippen LogP contribution in [0.25, 0.3) is 0 Å². The lowest BCUT2D eigenvalue weighted by atomic mass is 9.80. The van der Waals surface area contributed by atoms with Crippen molar-refractivity contribution in [2.45, 2.75) is 78.4 Å². The first-order valence-electron chi connectivity index (χ1n) is 12.9. The normalized spacial score (nSPS) is 19.9. The van der Waals surface area contributed by atoms with E-state index in [9.17, 15) is 14.4 Å². The second-order valence-electron chi connectivity index (χ2n) is 10.2. The van der Waals surface area contributed by atoms with Gasteiger partial charge in [-0.2, -0.15) is 0 Å². The van der Waals surface area contributed by atoms with Crippen LogP contribution in [-0.4, -0.2) is 40.2 Å². The SMILES string of the molecule is Cc1cc(C)c(CN2C(=O)N(CCCC(=O)NCc3ccccc3Cl)C(=O)C3CCCCC32)c(C)c1. The van der Waals surface area contributed by atoms with Gasteiger partial charge in [0.05, 0.1) is 5.92 Å². The van der Waals surface area contributed by atoms with Gasteiger partial charge in [0.15, 0.2) is 0 Å². The number of carbonyl (C=O) groups excluding carboxylic acids is 3. The first-order valence-corrected chi connectivity index (χ1v) is 13.3. The average Bonchev–Trinajstić information content (AvgIpc) is 2.84. The molecular weight excluding hydrogens is 474 g/mol. The van der Waals surface area contributed by atoms with Gasteiger partial charge in [-0.3, -0.25) is 14.5 Å². The Morgan fingerprint density at radius 3 is 2.47 bits per heavy atom. The van der Waals surface area contributed by atoms with Crippen LogP contribution in [0, 0.1) is 26.7 Å². The van der Waals surface area contributed by atoms with Gasteiger partial charge in [0.2, 0.25) is 11.8 Å². The monoisotopic (exact) mass is 509 g/mol. The number of rotatable bonds is 8. The summed E-state index contributed by atoms with van der Waals surface area (Å²) < 4.78 is 0. The maximum Gasteiger partial charge on any atom is 0.327 e. The molecular formula is C29H36ClN3O3. The van der Waals surface area contributed by atoms with Crippen molar-refractivity contribution < 1.29 is 14.4 Å². The number of hydrogen-bond donors (Lipinski definition) is 1. The summed E-state index contributed by atoms with van der Waals surface area (Å²) in [6, 6.07) is 11.4. The molecule has 6 nitrogen and oxygen atoms in total. The molecule has 2 atom stereocenters. The van der Waals surface area contributed by atoms with Crippen LogP contribution in [0.2, 0.25) is 5.02 Å². The second-order valence-corrected chi connectivity index (χ2v) is 10.6. The summed E-state index contributed by atoms with van der Waals surface area (Å²) >= 11 is 6.16. The third-order valence-electron chi connectivity index (χ3n) is 7.58. The Morgan fingerprint density at radius 1 is 1.06 bits per heavy atom. The quantitative estimate of drug-likeness (QED) is 0.497. The standard InChI is InChI=1S/C29H36ClN3O3/c1-19-15-20(2)24(21(3)16-19)18-33-26-12-7-5-10-23(26)28(35)32(29(33)36)14-8-13-27(34)31-17-22-9-4-6-11-25(22)30/h4,6,9,11,15-16,23,26H,5,7-8,10,12-14,17-18H2,1-3H3,(H,31,34). The van der Waals surface area contributed by atoms with Crippen molar-refractivity contribution in [1.82, 2.24) is 15.1 Å². The number of imide groups is 1. The van der Waals surface area contributed by atoms with Crippen LogP contribution in [-0.2, 0) is 22.7 Å².